The lowest BCUT2D eigenvalue weighted by molar-refractivity contribution is -0.158. The highest BCUT2D eigenvalue weighted by Crippen LogP contribution is 2.64. The monoisotopic (exact) mass is 228 g/mol. The summed E-state index contributed by atoms with van der Waals surface area (Å²) < 4.78 is 5.67. The highest BCUT2D eigenvalue weighted by Gasteiger charge is 2.75. The summed E-state index contributed by atoms with van der Waals surface area (Å²) in [7, 11) is 0. The van der Waals surface area contributed by atoms with E-state index in [1.807, 2.05) is 0 Å². The zero-order valence-corrected chi connectivity index (χ0v) is 8.96. The first kappa shape index (κ1) is 9.66. The molecule has 3 aliphatic rings. The van der Waals surface area contributed by atoms with E-state index in [0.29, 0.717) is 11.5 Å². The molecule has 0 aromatic rings. The number of aldehydes is 1. The van der Waals surface area contributed by atoms with Gasteiger partial charge in [-0.15, -0.1) is 0 Å². The molecule has 3 heterocycles. The van der Waals surface area contributed by atoms with Gasteiger partial charge in [0.1, 0.15) is 11.7 Å². The average Bonchev–Trinajstić information content (AvgIpc) is 2.88. The van der Waals surface area contributed by atoms with Crippen molar-refractivity contribution in [2.45, 2.75) is 25.0 Å². The van der Waals surface area contributed by atoms with Crippen molar-refractivity contribution in [2.24, 2.45) is 10.8 Å². The fourth-order valence-corrected chi connectivity index (χ4v) is 5.26. The summed E-state index contributed by atoms with van der Waals surface area (Å²) in [5.74, 6) is 0.262. The van der Waals surface area contributed by atoms with Gasteiger partial charge in [0.05, 0.1) is 17.6 Å². The third-order valence-corrected chi connectivity index (χ3v) is 5.58. The highest BCUT2D eigenvalue weighted by molar-refractivity contribution is 7.99. The molecule has 2 bridgehead atoms. The van der Waals surface area contributed by atoms with E-state index in [4.69, 9.17) is 4.74 Å². The van der Waals surface area contributed by atoms with Crippen molar-refractivity contribution in [3.63, 3.8) is 0 Å². The molecule has 82 valence electrons. The number of hydrogen-bond acceptors (Lipinski definition) is 4. The van der Waals surface area contributed by atoms with Crippen molar-refractivity contribution >= 4 is 24.0 Å². The topological polar surface area (TPSA) is 63.6 Å². The van der Waals surface area contributed by atoms with Crippen molar-refractivity contribution < 1.29 is 19.4 Å². The first-order valence-corrected chi connectivity index (χ1v) is 6.26. The minimum absolute atomic E-state index is 0.161. The van der Waals surface area contributed by atoms with E-state index in [1.54, 1.807) is 11.8 Å². The number of rotatable bonds is 2. The Morgan fingerprint density at radius 1 is 1.40 bits per heavy atom. The van der Waals surface area contributed by atoms with Crippen molar-refractivity contribution in [3.05, 3.63) is 0 Å². The fourth-order valence-electron chi connectivity index (χ4n) is 3.41. The second-order valence-corrected chi connectivity index (χ2v) is 5.60. The number of carbonyl (C=O) groups is 2. The van der Waals surface area contributed by atoms with Crippen LogP contribution in [0, 0.1) is 10.8 Å². The number of fused-ring (bicyclic) bond motifs is 5. The molecule has 4 atom stereocenters. The first-order chi connectivity index (χ1) is 7.17. The van der Waals surface area contributed by atoms with E-state index in [-0.39, 0.29) is 12.2 Å². The van der Waals surface area contributed by atoms with Gasteiger partial charge < -0.3 is 14.6 Å². The van der Waals surface area contributed by atoms with Crippen LogP contribution in [0.3, 0.4) is 0 Å². The number of carboxylic acids is 1. The van der Waals surface area contributed by atoms with E-state index in [1.165, 1.54) is 0 Å². The number of aliphatic carboxylic acids is 1. The molecule has 1 N–H and O–H groups in total. The zero-order valence-electron chi connectivity index (χ0n) is 8.14. The first-order valence-electron chi connectivity index (χ1n) is 5.10. The Balaban J connectivity index is 2.17. The molecule has 5 heteroatoms. The van der Waals surface area contributed by atoms with Crippen molar-refractivity contribution in [2.75, 3.05) is 11.5 Å². The van der Waals surface area contributed by atoms with Crippen LogP contribution in [0.5, 0.6) is 0 Å². The van der Waals surface area contributed by atoms with Crippen LogP contribution < -0.4 is 0 Å². The summed E-state index contributed by atoms with van der Waals surface area (Å²) in [5.41, 5.74) is -1.70. The average molecular weight is 228 g/mol. The van der Waals surface area contributed by atoms with Gasteiger partial charge in [-0.3, -0.25) is 4.79 Å². The summed E-state index contributed by atoms with van der Waals surface area (Å²) in [6.07, 6.45) is 2.06. The van der Waals surface area contributed by atoms with E-state index in [9.17, 15) is 14.7 Å². The lowest BCUT2D eigenvalue weighted by Crippen LogP contribution is -2.55. The molecule has 15 heavy (non-hydrogen) atoms. The van der Waals surface area contributed by atoms with Gasteiger partial charge in [-0.25, -0.2) is 0 Å². The molecule has 3 fully saturated rings. The molecule has 0 aromatic carbocycles. The molecule has 0 radical (unpaired) electrons. The van der Waals surface area contributed by atoms with Crippen LogP contribution in [-0.4, -0.2) is 41.1 Å². The molecule has 0 spiro atoms. The minimum atomic E-state index is -0.942. The van der Waals surface area contributed by atoms with Crippen LogP contribution in [0.2, 0.25) is 0 Å². The lowest BCUT2D eigenvalue weighted by Gasteiger charge is -2.38. The van der Waals surface area contributed by atoms with Crippen molar-refractivity contribution in [1.29, 1.82) is 0 Å². The molecule has 0 saturated carbocycles. The molecule has 0 amide bonds. The van der Waals surface area contributed by atoms with E-state index in [2.05, 4.69) is 0 Å². The minimum Gasteiger partial charge on any atom is -0.481 e. The van der Waals surface area contributed by atoms with Gasteiger partial charge in [0.15, 0.2) is 0 Å². The Morgan fingerprint density at radius 3 is 2.73 bits per heavy atom. The molecule has 0 aliphatic carbocycles. The summed E-state index contributed by atoms with van der Waals surface area (Å²) in [6, 6.07) is 0. The summed E-state index contributed by atoms with van der Waals surface area (Å²) in [4.78, 5) is 22.9. The molecule has 0 aromatic heterocycles. The van der Waals surface area contributed by atoms with Gasteiger partial charge in [-0.2, -0.15) is 11.8 Å². The van der Waals surface area contributed by atoms with Crippen LogP contribution >= 0.6 is 11.8 Å². The predicted molar refractivity (Wildman–Crippen MR) is 53.8 cm³/mol. The van der Waals surface area contributed by atoms with Crippen LogP contribution in [0.15, 0.2) is 0 Å². The standard InChI is InChI=1S/C10H12O4S/c11-3-9-4-15-5-10(9,8(12)13)7-2-1-6(9)14-7/h3,6-7H,1-2,4-5H2,(H,12,13). The number of carbonyl (C=O) groups excluding carboxylic acids is 1. The number of hydrogen-bond donors (Lipinski definition) is 1. The van der Waals surface area contributed by atoms with Crippen LogP contribution in [0.25, 0.3) is 0 Å². The van der Waals surface area contributed by atoms with Gasteiger partial charge in [0, 0.05) is 11.5 Å². The molecular weight excluding hydrogens is 216 g/mol. The number of thioether (sulfide) groups is 1. The maximum Gasteiger partial charge on any atom is 0.314 e. The fraction of sp³-hybridized carbons (Fsp3) is 0.800. The molecule has 4 nitrogen and oxygen atoms in total. The molecule has 3 saturated heterocycles. The Bertz CT molecular complexity index is 344. The smallest absolute Gasteiger partial charge is 0.314 e. The quantitative estimate of drug-likeness (QED) is 0.699. The Kier molecular flexibility index (Phi) is 1.78. The van der Waals surface area contributed by atoms with Gasteiger partial charge in [-0.1, -0.05) is 0 Å². The lowest BCUT2D eigenvalue weighted by atomic mass is 9.58. The second-order valence-electron chi connectivity index (χ2n) is 4.62. The largest absolute Gasteiger partial charge is 0.481 e. The SMILES string of the molecule is O=CC12CSCC1(C(=O)O)C1CCC2O1. The van der Waals surface area contributed by atoms with E-state index >= 15 is 0 Å². The Labute approximate surface area is 91.4 Å². The van der Waals surface area contributed by atoms with Gasteiger partial charge in [0.25, 0.3) is 0 Å². The van der Waals surface area contributed by atoms with E-state index in [0.717, 1.165) is 19.1 Å². The van der Waals surface area contributed by atoms with Crippen LogP contribution in [0.1, 0.15) is 12.8 Å². The molecule has 3 aliphatic heterocycles. The molecule has 3 rings (SSSR count). The Hall–Kier alpha value is -0.550. The van der Waals surface area contributed by atoms with E-state index < -0.39 is 16.8 Å². The maximum absolute atomic E-state index is 11.5. The highest BCUT2D eigenvalue weighted by atomic mass is 32.2. The third kappa shape index (κ3) is 0.817. The van der Waals surface area contributed by atoms with Crippen LogP contribution in [-0.2, 0) is 14.3 Å². The number of ether oxygens (including phenoxy) is 1. The predicted octanol–water partition coefficient (Wildman–Crippen LogP) is 0.551. The summed E-state index contributed by atoms with van der Waals surface area (Å²) in [6.45, 7) is 0. The zero-order chi connectivity index (χ0) is 10.7. The van der Waals surface area contributed by atoms with Crippen LogP contribution in [0.4, 0.5) is 0 Å². The maximum atomic E-state index is 11.5. The second kappa shape index (κ2) is 2.77. The van der Waals surface area contributed by atoms with Gasteiger partial charge in [0.2, 0.25) is 0 Å². The number of carboxylic acid groups (broad SMARTS) is 1. The van der Waals surface area contributed by atoms with Crippen molar-refractivity contribution in [1.82, 2.24) is 0 Å². The summed E-state index contributed by atoms with van der Waals surface area (Å²) >= 11 is 1.57. The normalized spacial score (nSPS) is 51.7. The van der Waals surface area contributed by atoms with Gasteiger partial charge in [-0.05, 0) is 12.8 Å². The summed E-state index contributed by atoms with van der Waals surface area (Å²) in [5, 5.41) is 9.44. The molecular formula is C10H12O4S. The van der Waals surface area contributed by atoms with Gasteiger partial charge >= 0.3 is 5.97 Å². The van der Waals surface area contributed by atoms with Crippen molar-refractivity contribution in [3.8, 4) is 0 Å². The third-order valence-electron chi connectivity index (χ3n) is 4.24. The molecule has 4 unspecified atom stereocenters. The Morgan fingerprint density at radius 2 is 2.13 bits per heavy atom.